The minimum Gasteiger partial charge on any atom is -0.394 e. The SMILES string of the molecule is CCC(CC)(CO)NC(=O)Nc1ccc(-c2ccccc2)nn1. The van der Waals surface area contributed by atoms with Crippen LogP contribution in [-0.2, 0) is 0 Å². The quantitative estimate of drug-likeness (QED) is 0.765. The van der Waals surface area contributed by atoms with Gasteiger partial charge in [-0.3, -0.25) is 5.32 Å². The van der Waals surface area contributed by atoms with E-state index < -0.39 is 11.6 Å². The van der Waals surface area contributed by atoms with Gasteiger partial charge in [-0.15, -0.1) is 10.2 Å². The molecule has 0 saturated carbocycles. The maximum Gasteiger partial charge on any atom is 0.320 e. The molecule has 122 valence electrons. The third kappa shape index (κ3) is 4.26. The van der Waals surface area contributed by atoms with Gasteiger partial charge in [0.25, 0.3) is 0 Å². The van der Waals surface area contributed by atoms with Crippen LogP contribution in [0.4, 0.5) is 10.6 Å². The molecule has 6 heteroatoms. The molecule has 3 N–H and O–H groups in total. The fourth-order valence-corrected chi connectivity index (χ4v) is 2.24. The highest BCUT2D eigenvalue weighted by Gasteiger charge is 2.27. The Morgan fingerprint density at radius 3 is 2.30 bits per heavy atom. The van der Waals surface area contributed by atoms with Crippen LogP contribution < -0.4 is 10.6 Å². The number of carbonyl (C=O) groups excluding carboxylic acids is 1. The van der Waals surface area contributed by atoms with Gasteiger partial charge in [0.1, 0.15) is 0 Å². The van der Waals surface area contributed by atoms with E-state index in [2.05, 4.69) is 20.8 Å². The summed E-state index contributed by atoms with van der Waals surface area (Å²) in [6.07, 6.45) is 1.29. The third-order valence-electron chi connectivity index (χ3n) is 4.01. The molecule has 0 saturated heterocycles. The predicted molar refractivity (Wildman–Crippen MR) is 90.0 cm³/mol. The second-order valence-corrected chi connectivity index (χ2v) is 5.39. The van der Waals surface area contributed by atoms with Crippen LogP contribution in [-0.4, -0.2) is 33.5 Å². The number of rotatable bonds is 6. The highest BCUT2D eigenvalue weighted by molar-refractivity contribution is 5.88. The first kappa shape index (κ1) is 16.9. The monoisotopic (exact) mass is 314 g/mol. The fraction of sp³-hybridized carbons (Fsp3) is 0.353. The highest BCUT2D eigenvalue weighted by atomic mass is 16.3. The van der Waals surface area contributed by atoms with Crippen LogP contribution >= 0.6 is 0 Å². The van der Waals surface area contributed by atoms with E-state index in [-0.39, 0.29) is 6.61 Å². The Kier molecular flexibility index (Phi) is 5.65. The zero-order valence-corrected chi connectivity index (χ0v) is 13.4. The smallest absolute Gasteiger partial charge is 0.320 e. The summed E-state index contributed by atoms with van der Waals surface area (Å²) in [5, 5.41) is 23.1. The van der Waals surface area contributed by atoms with Crippen molar-refractivity contribution in [2.75, 3.05) is 11.9 Å². The van der Waals surface area contributed by atoms with Gasteiger partial charge in [-0.2, -0.15) is 0 Å². The number of aromatic nitrogens is 2. The van der Waals surface area contributed by atoms with Crippen molar-refractivity contribution >= 4 is 11.8 Å². The minimum atomic E-state index is -0.610. The van der Waals surface area contributed by atoms with Gasteiger partial charge in [-0.1, -0.05) is 44.2 Å². The second kappa shape index (κ2) is 7.69. The molecule has 1 aromatic heterocycles. The van der Waals surface area contributed by atoms with Crippen LogP contribution in [0.15, 0.2) is 42.5 Å². The zero-order valence-electron chi connectivity index (χ0n) is 13.4. The van der Waals surface area contributed by atoms with Crippen molar-refractivity contribution in [2.45, 2.75) is 32.2 Å². The largest absolute Gasteiger partial charge is 0.394 e. The molecule has 1 heterocycles. The molecule has 0 aliphatic rings. The molecule has 0 fully saturated rings. The van der Waals surface area contributed by atoms with Crippen molar-refractivity contribution in [1.29, 1.82) is 0 Å². The maximum atomic E-state index is 12.1. The molecule has 23 heavy (non-hydrogen) atoms. The molecular weight excluding hydrogens is 292 g/mol. The summed E-state index contributed by atoms with van der Waals surface area (Å²) >= 11 is 0. The lowest BCUT2D eigenvalue weighted by Crippen LogP contribution is -2.52. The zero-order chi connectivity index (χ0) is 16.7. The molecule has 2 aromatic rings. The average Bonchev–Trinajstić information content (AvgIpc) is 2.61. The average molecular weight is 314 g/mol. The number of benzene rings is 1. The highest BCUT2D eigenvalue weighted by Crippen LogP contribution is 2.17. The van der Waals surface area contributed by atoms with Crippen LogP contribution in [0.25, 0.3) is 11.3 Å². The Bertz CT molecular complexity index is 617. The molecular formula is C17H22N4O2. The summed E-state index contributed by atoms with van der Waals surface area (Å²) < 4.78 is 0. The van der Waals surface area contributed by atoms with E-state index in [1.54, 1.807) is 12.1 Å². The van der Waals surface area contributed by atoms with Crippen molar-refractivity contribution < 1.29 is 9.90 Å². The van der Waals surface area contributed by atoms with Gasteiger partial charge in [0.05, 0.1) is 17.8 Å². The van der Waals surface area contributed by atoms with Crippen molar-refractivity contribution in [2.24, 2.45) is 0 Å². The number of anilines is 1. The molecule has 0 atom stereocenters. The molecule has 0 aliphatic heterocycles. The molecule has 0 unspecified atom stereocenters. The summed E-state index contributed by atoms with van der Waals surface area (Å²) in [6, 6.07) is 12.8. The number of aliphatic hydroxyl groups excluding tert-OH is 1. The van der Waals surface area contributed by atoms with Gasteiger partial charge in [0.15, 0.2) is 5.82 Å². The number of nitrogens with one attached hydrogen (secondary N) is 2. The molecule has 0 bridgehead atoms. The van der Waals surface area contributed by atoms with E-state index in [0.717, 1.165) is 11.3 Å². The number of aliphatic hydroxyl groups is 1. The Balaban J connectivity index is 2.02. The molecule has 6 nitrogen and oxygen atoms in total. The van der Waals surface area contributed by atoms with Crippen LogP contribution in [0.1, 0.15) is 26.7 Å². The molecule has 2 amide bonds. The standard InChI is InChI=1S/C17H22N4O2/c1-3-17(4-2,12-22)19-16(23)18-15-11-10-14(20-21-15)13-8-6-5-7-9-13/h5-11,22H,3-4,12H2,1-2H3,(H2,18,19,21,23). The van der Waals surface area contributed by atoms with E-state index in [0.29, 0.717) is 18.7 Å². The lowest BCUT2D eigenvalue weighted by atomic mass is 9.94. The Hall–Kier alpha value is -2.47. The Morgan fingerprint density at radius 2 is 1.78 bits per heavy atom. The van der Waals surface area contributed by atoms with E-state index in [1.165, 1.54) is 0 Å². The van der Waals surface area contributed by atoms with Crippen LogP contribution in [0.5, 0.6) is 0 Å². The molecule has 1 aromatic carbocycles. The van der Waals surface area contributed by atoms with E-state index in [4.69, 9.17) is 0 Å². The van der Waals surface area contributed by atoms with Gasteiger partial charge < -0.3 is 10.4 Å². The second-order valence-electron chi connectivity index (χ2n) is 5.39. The number of urea groups is 1. The lowest BCUT2D eigenvalue weighted by molar-refractivity contribution is 0.155. The van der Waals surface area contributed by atoms with Crippen molar-refractivity contribution in [3.8, 4) is 11.3 Å². The van der Waals surface area contributed by atoms with Crippen molar-refractivity contribution in [1.82, 2.24) is 15.5 Å². The van der Waals surface area contributed by atoms with Crippen LogP contribution in [0.2, 0.25) is 0 Å². The van der Waals surface area contributed by atoms with Gasteiger partial charge >= 0.3 is 6.03 Å². The molecule has 0 aliphatic carbocycles. The van der Waals surface area contributed by atoms with Gasteiger partial charge in [-0.05, 0) is 25.0 Å². The fourth-order valence-electron chi connectivity index (χ4n) is 2.24. The maximum absolute atomic E-state index is 12.1. The number of hydrogen-bond acceptors (Lipinski definition) is 4. The van der Waals surface area contributed by atoms with Gasteiger partial charge in [-0.25, -0.2) is 4.79 Å². The summed E-state index contributed by atoms with van der Waals surface area (Å²) in [6.45, 7) is 3.75. The van der Waals surface area contributed by atoms with Crippen molar-refractivity contribution in [3.05, 3.63) is 42.5 Å². The van der Waals surface area contributed by atoms with Crippen LogP contribution in [0, 0.1) is 0 Å². The normalized spacial score (nSPS) is 11.1. The Labute approximate surface area is 136 Å². The first-order valence-corrected chi connectivity index (χ1v) is 7.71. The first-order chi connectivity index (χ1) is 11.1. The van der Waals surface area contributed by atoms with Gasteiger partial charge in [0, 0.05) is 5.56 Å². The number of amides is 2. The molecule has 0 spiro atoms. The van der Waals surface area contributed by atoms with E-state index >= 15 is 0 Å². The van der Waals surface area contributed by atoms with Gasteiger partial charge in [0.2, 0.25) is 0 Å². The van der Waals surface area contributed by atoms with E-state index in [9.17, 15) is 9.90 Å². The van der Waals surface area contributed by atoms with Crippen LogP contribution in [0.3, 0.4) is 0 Å². The topological polar surface area (TPSA) is 87.1 Å². The minimum absolute atomic E-state index is 0.105. The van der Waals surface area contributed by atoms with Crippen molar-refractivity contribution in [3.63, 3.8) is 0 Å². The molecule has 0 radical (unpaired) electrons. The summed E-state index contributed by atoms with van der Waals surface area (Å²) in [4.78, 5) is 12.1. The Morgan fingerprint density at radius 1 is 1.09 bits per heavy atom. The number of carbonyl (C=O) groups is 1. The number of hydrogen-bond donors (Lipinski definition) is 3. The summed E-state index contributed by atoms with van der Waals surface area (Å²) in [5.41, 5.74) is 1.09. The predicted octanol–water partition coefficient (Wildman–Crippen LogP) is 2.82. The van der Waals surface area contributed by atoms with E-state index in [1.807, 2.05) is 44.2 Å². The molecule has 2 rings (SSSR count). The first-order valence-electron chi connectivity index (χ1n) is 7.71. The third-order valence-corrected chi connectivity index (χ3v) is 4.01. The summed E-state index contributed by atoms with van der Waals surface area (Å²) in [7, 11) is 0. The lowest BCUT2D eigenvalue weighted by Gasteiger charge is -2.30. The summed E-state index contributed by atoms with van der Waals surface area (Å²) in [5.74, 6) is 0.362. The number of nitrogens with zero attached hydrogens (tertiary/aromatic N) is 2.